The number of methoxy groups -OCH3 is 3. The van der Waals surface area contributed by atoms with Crippen LogP contribution in [0.3, 0.4) is 0 Å². The Morgan fingerprint density at radius 3 is 2.44 bits per heavy atom. The van der Waals surface area contributed by atoms with Gasteiger partial charge in [0, 0.05) is 7.11 Å². The van der Waals surface area contributed by atoms with Crippen LogP contribution in [0, 0.1) is 0 Å². The normalized spacial score (nSPS) is 12.0. The summed E-state index contributed by atoms with van der Waals surface area (Å²) >= 11 is 0. The van der Waals surface area contributed by atoms with Crippen molar-refractivity contribution in [3.05, 3.63) is 23.8 Å². The first-order valence-electron chi connectivity index (χ1n) is 5.96. The maximum absolute atomic E-state index is 12.4. The van der Waals surface area contributed by atoms with Crippen LogP contribution in [0.2, 0.25) is 0 Å². The molecule has 1 rings (SSSR count). The minimum Gasteiger partial charge on any atom is -0.497 e. The average molecular weight is 252 g/mol. The van der Waals surface area contributed by atoms with Gasteiger partial charge in [0.25, 0.3) is 0 Å². The number of ether oxygens (including phenoxy) is 3. The van der Waals surface area contributed by atoms with Gasteiger partial charge in [-0.05, 0) is 24.6 Å². The van der Waals surface area contributed by atoms with Gasteiger partial charge in [-0.25, -0.2) is 0 Å². The molecule has 0 spiro atoms. The van der Waals surface area contributed by atoms with E-state index in [-0.39, 0.29) is 5.78 Å². The molecule has 4 nitrogen and oxygen atoms in total. The molecule has 18 heavy (non-hydrogen) atoms. The fourth-order valence-electron chi connectivity index (χ4n) is 1.80. The van der Waals surface area contributed by atoms with Crippen molar-refractivity contribution in [1.82, 2.24) is 0 Å². The van der Waals surface area contributed by atoms with Crippen LogP contribution in [0.25, 0.3) is 0 Å². The highest BCUT2D eigenvalue weighted by atomic mass is 16.5. The molecule has 1 aromatic rings. The number of benzene rings is 1. The molecule has 0 bridgehead atoms. The van der Waals surface area contributed by atoms with Crippen molar-refractivity contribution in [2.45, 2.75) is 25.9 Å². The highest BCUT2D eigenvalue weighted by Crippen LogP contribution is 2.26. The first kappa shape index (κ1) is 14.5. The van der Waals surface area contributed by atoms with Gasteiger partial charge in [-0.3, -0.25) is 4.79 Å². The first-order valence-corrected chi connectivity index (χ1v) is 5.96. The maximum atomic E-state index is 12.4. The molecule has 1 aromatic carbocycles. The van der Waals surface area contributed by atoms with Gasteiger partial charge in [-0.1, -0.05) is 13.3 Å². The van der Waals surface area contributed by atoms with Crippen LogP contribution in [0.1, 0.15) is 30.1 Å². The molecule has 0 radical (unpaired) electrons. The van der Waals surface area contributed by atoms with E-state index in [2.05, 4.69) is 0 Å². The third-order valence-corrected chi connectivity index (χ3v) is 2.80. The van der Waals surface area contributed by atoms with E-state index in [1.54, 1.807) is 39.5 Å². The van der Waals surface area contributed by atoms with E-state index in [0.29, 0.717) is 23.5 Å². The molecule has 0 N–H and O–H groups in total. The Bertz CT molecular complexity index is 401. The summed E-state index contributed by atoms with van der Waals surface area (Å²) in [6, 6.07) is 5.17. The lowest BCUT2D eigenvalue weighted by molar-refractivity contribution is 0.0575. The highest BCUT2D eigenvalue weighted by molar-refractivity contribution is 6.02. The topological polar surface area (TPSA) is 44.8 Å². The summed E-state index contributed by atoms with van der Waals surface area (Å²) in [5.74, 6) is 1.10. The average Bonchev–Trinajstić information content (AvgIpc) is 2.43. The SMILES string of the molecule is CCCC(OC)C(=O)c1cc(OC)ccc1OC. The second-order valence-electron chi connectivity index (χ2n) is 3.94. The molecule has 0 saturated heterocycles. The fourth-order valence-corrected chi connectivity index (χ4v) is 1.80. The van der Waals surface area contributed by atoms with Crippen LogP contribution in [-0.2, 0) is 4.74 Å². The Labute approximate surface area is 108 Å². The second-order valence-corrected chi connectivity index (χ2v) is 3.94. The third-order valence-electron chi connectivity index (χ3n) is 2.80. The lowest BCUT2D eigenvalue weighted by atomic mass is 10.0. The van der Waals surface area contributed by atoms with Crippen molar-refractivity contribution < 1.29 is 19.0 Å². The molecule has 4 heteroatoms. The number of rotatable bonds is 7. The maximum Gasteiger partial charge on any atom is 0.195 e. The van der Waals surface area contributed by atoms with Gasteiger partial charge in [0.1, 0.15) is 17.6 Å². The van der Waals surface area contributed by atoms with Crippen LogP contribution in [0.15, 0.2) is 18.2 Å². The van der Waals surface area contributed by atoms with Crippen LogP contribution in [-0.4, -0.2) is 33.2 Å². The lowest BCUT2D eigenvalue weighted by Crippen LogP contribution is -2.23. The van der Waals surface area contributed by atoms with E-state index >= 15 is 0 Å². The van der Waals surface area contributed by atoms with E-state index in [0.717, 1.165) is 6.42 Å². The number of Topliss-reactive ketones (excluding diaryl/α,β-unsaturated/α-hetero) is 1. The number of carbonyl (C=O) groups is 1. The van der Waals surface area contributed by atoms with Crippen LogP contribution in [0.5, 0.6) is 11.5 Å². The van der Waals surface area contributed by atoms with Crippen molar-refractivity contribution in [3.63, 3.8) is 0 Å². The Balaban J connectivity index is 3.08. The smallest absolute Gasteiger partial charge is 0.195 e. The number of hydrogen-bond donors (Lipinski definition) is 0. The minimum atomic E-state index is -0.434. The number of hydrogen-bond acceptors (Lipinski definition) is 4. The Kier molecular flexibility index (Phi) is 5.65. The quantitative estimate of drug-likeness (QED) is 0.700. The summed E-state index contributed by atoms with van der Waals surface area (Å²) in [5, 5.41) is 0. The Morgan fingerprint density at radius 1 is 1.22 bits per heavy atom. The van der Waals surface area contributed by atoms with E-state index in [9.17, 15) is 4.79 Å². The summed E-state index contributed by atoms with van der Waals surface area (Å²) < 4.78 is 15.6. The van der Waals surface area contributed by atoms with Gasteiger partial charge in [0.2, 0.25) is 0 Å². The highest BCUT2D eigenvalue weighted by Gasteiger charge is 2.22. The standard InChI is InChI=1S/C14H20O4/c1-5-6-13(18-4)14(15)11-9-10(16-2)7-8-12(11)17-3/h7-9,13H,5-6H2,1-4H3. The van der Waals surface area contributed by atoms with Gasteiger partial charge in [-0.15, -0.1) is 0 Å². The van der Waals surface area contributed by atoms with Crippen molar-refractivity contribution >= 4 is 5.78 Å². The third kappa shape index (κ3) is 3.23. The van der Waals surface area contributed by atoms with E-state index in [4.69, 9.17) is 14.2 Å². The van der Waals surface area contributed by atoms with Gasteiger partial charge in [-0.2, -0.15) is 0 Å². The van der Waals surface area contributed by atoms with Gasteiger partial charge in [0.05, 0.1) is 19.8 Å². The zero-order valence-corrected chi connectivity index (χ0v) is 11.4. The van der Waals surface area contributed by atoms with E-state index in [1.807, 2.05) is 6.92 Å². The molecule has 0 amide bonds. The zero-order chi connectivity index (χ0) is 13.5. The monoisotopic (exact) mass is 252 g/mol. The summed E-state index contributed by atoms with van der Waals surface area (Å²) in [5.41, 5.74) is 0.497. The van der Waals surface area contributed by atoms with Crippen LogP contribution >= 0.6 is 0 Å². The first-order chi connectivity index (χ1) is 8.67. The second kappa shape index (κ2) is 7.01. The van der Waals surface area contributed by atoms with Crippen LogP contribution < -0.4 is 9.47 Å². The van der Waals surface area contributed by atoms with E-state index in [1.165, 1.54) is 0 Å². The molecule has 0 aliphatic heterocycles. The van der Waals surface area contributed by atoms with Gasteiger partial charge >= 0.3 is 0 Å². The fraction of sp³-hybridized carbons (Fsp3) is 0.500. The predicted octanol–water partition coefficient (Wildman–Crippen LogP) is 2.70. The summed E-state index contributed by atoms with van der Waals surface area (Å²) in [7, 11) is 4.65. The predicted molar refractivity (Wildman–Crippen MR) is 69.6 cm³/mol. The Hall–Kier alpha value is -1.55. The summed E-state index contributed by atoms with van der Waals surface area (Å²) in [6.07, 6.45) is 1.14. The van der Waals surface area contributed by atoms with Gasteiger partial charge < -0.3 is 14.2 Å². The molecule has 0 aliphatic carbocycles. The summed E-state index contributed by atoms with van der Waals surface area (Å²) in [4.78, 5) is 12.4. The van der Waals surface area contributed by atoms with Crippen molar-refractivity contribution in [2.24, 2.45) is 0 Å². The lowest BCUT2D eigenvalue weighted by Gasteiger charge is -2.15. The molecular formula is C14H20O4. The Morgan fingerprint density at radius 2 is 1.94 bits per heavy atom. The van der Waals surface area contributed by atoms with Crippen LogP contribution in [0.4, 0.5) is 0 Å². The number of ketones is 1. The van der Waals surface area contributed by atoms with Crippen molar-refractivity contribution in [1.29, 1.82) is 0 Å². The molecule has 0 aliphatic rings. The van der Waals surface area contributed by atoms with Gasteiger partial charge in [0.15, 0.2) is 5.78 Å². The molecule has 0 saturated carbocycles. The molecular weight excluding hydrogens is 232 g/mol. The molecule has 100 valence electrons. The molecule has 1 unspecified atom stereocenters. The molecule has 0 fully saturated rings. The van der Waals surface area contributed by atoms with Crippen molar-refractivity contribution in [3.8, 4) is 11.5 Å². The summed E-state index contributed by atoms with van der Waals surface area (Å²) in [6.45, 7) is 2.02. The molecule has 0 aromatic heterocycles. The zero-order valence-electron chi connectivity index (χ0n) is 11.4. The number of carbonyl (C=O) groups excluding carboxylic acids is 1. The molecule has 0 heterocycles. The largest absolute Gasteiger partial charge is 0.497 e. The van der Waals surface area contributed by atoms with E-state index < -0.39 is 6.10 Å². The van der Waals surface area contributed by atoms with Crippen molar-refractivity contribution in [2.75, 3.05) is 21.3 Å². The minimum absolute atomic E-state index is 0.0740. The molecule has 1 atom stereocenters.